The lowest BCUT2D eigenvalue weighted by atomic mass is 10.0. The van der Waals surface area contributed by atoms with Crippen molar-refractivity contribution in [2.45, 2.75) is 18.1 Å². The van der Waals surface area contributed by atoms with Crippen molar-refractivity contribution in [3.63, 3.8) is 0 Å². The van der Waals surface area contributed by atoms with Gasteiger partial charge in [-0.25, -0.2) is 0 Å². The van der Waals surface area contributed by atoms with Crippen LogP contribution in [0.25, 0.3) is 10.8 Å². The van der Waals surface area contributed by atoms with Crippen molar-refractivity contribution in [1.82, 2.24) is 4.98 Å². The predicted molar refractivity (Wildman–Crippen MR) is 61.8 cm³/mol. The lowest BCUT2D eigenvalue weighted by molar-refractivity contribution is 0.726. The first-order valence-electron chi connectivity index (χ1n) is 4.77. The maximum absolute atomic E-state index is 4.71. The molecule has 2 heteroatoms. The van der Waals surface area contributed by atoms with Crippen LogP contribution in [0.3, 0.4) is 0 Å². The van der Waals surface area contributed by atoms with Gasteiger partial charge in [0.15, 0.2) is 0 Å². The molecule has 0 bridgehead atoms. The van der Waals surface area contributed by atoms with Gasteiger partial charge in [-0.1, -0.05) is 18.2 Å². The molecular weight excluding hydrogens is 190 g/mol. The Kier molecular flexibility index (Phi) is 1.49. The van der Waals surface area contributed by atoms with Gasteiger partial charge in [0.05, 0.1) is 0 Å². The summed E-state index contributed by atoms with van der Waals surface area (Å²) < 4.78 is -0.0454. The van der Waals surface area contributed by atoms with Crippen LogP contribution in [0.4, 0.5) is 0 Å². The maximum atomic E-state index is 4.71. The fraction of sp³-hybridized carbons (Fsp3) is 0.250. The van der Waals surface area contributed by atoms with E-state index in [0.29, 0.717) is 0 Å². The predicted octanol–water partition coefficient (Wildman–Crippen LogP) is 2.94. The third-order valence-electron chi connectivity index (χ3n) is 2.98. The van der Waals surface area contributed by atoms with Gasteiger partial charge in [0.1, 0.15) is 0 Å². The molecule has 0 saturated carbocycles. The average molecular weight is 201 g/mol. The van der Waals surface area contributed by atoms with E-state index in [1.54, 1.807) is 0 Å². The monoisotopic (exact) mass is 201 g/mol. The van der Waals surface area contributed by atoms with E-state index in [-0.39, 0.29) is 4.75 Å². The van der Waals surface area contributed by atoms with Crippen molar-refractivity contribution in [3.8, 4) is 0 Å². The number of hydrogen-bond acceptors (Lipinski definition) is 2. The minimum absolute atomic E-state index is 0.0454. The summed E-state index contributed by atoms with van der Waals surface area (Å²) in [6.45, 7) is 2.16. The number of benzene rings is 1. The van der Waals surface area contributed by atoms with Crippen molar-refractivity contribution in [2.24, 2.45) is 0 Å². The van der Waals surface area contributed by atoms with Gasteiger partial charge in [0, 0.05) is 22.5 Å². The Hall–Kier alpha value is -1.02. The summed E-state index contributed by atoms with van der Waals surface area (Å²) >= 11 is 4.71. The maximum Gasteiger partial charge on any atom is 0.0412 e. The zero-order valence-corrected chi connectivity index (χ0v) is 8.88. The van der Waals surface area contributed by atoms with Crippen molar-refractivity contribution < 1.29 is 0 Å². The molecule has 14 heavy (non-hydrogen) atoms. The molecule has 0 saturated heterocycles. The molecule has 1 atom stereocenters. The zero-order valence-electron chi connectivity index (χ0n) is 7.99. The van der Waals surface area contributed by atoms with Crippen LogP contribution in [-0.4, -0.2) is 4.98 Å². The van der Waals surface area contributed by atoms with E-state index in [4.69, 9.17) is 12.6 Å². The van der Waals surface area contributed by atoms with Crippen molar-refractivity contribution >= 4 is 23.4 Å². The molecular formula is C12H11NS. The van der Waals surface area contributed by atoms with Gasteiger partial charge in [-0.15, -0.1) is 0 Å². The third-order valence-corrected chi connectivity index (χ3v) is 3.38. The Morgan fingerprint density at radius 3 is 3.07 bits per heavy atom. The molecule has 0 amide bonds. The highest BCUT2D eigenvalue weighted by Gasteiger charge is 2.31. The highest BCUT2D eigenvalue weighted by Crippen LogP contribution is 2.43. The SMILES string of the molecule is CC1(S)Cc2cccc3cncc1c23. The number of rotatable bonds is 0. The van der Waals surface area contributed by atoms with Crippen LogP contribution in [0.2, 0.25) is 0 Å². The second-order valence-electron chi connectivity index (χ2n) is 4.15. The molecule has 1 aromatic heterocycles. The van der Waals surface area contributed by atoms with Gasteiger partial charge in [-0.05, 0) is 29.9 Å². The molecule has 0 aliphatic heterocycles. The first-order valence-corrected chi connectivity index (χ1v) is 5.22. The lowest BCUT2D eigenvalue weighted by Gasteiger charge is -2.16. The molecule has 0 radical (unpaired) electrons. The summed E-state index contributed by atoms with van der Waals surface area (Å²) in [5, 5.41) is 2.60. The molecule has 1 aromatic carbocycles. The van der Waals surface area contributed by atoms with Gasteiger partial charge in [0.2, 0.25) is 0 Å². The fourth-order valence-electron chi connectivity index (χ4n) is 2.33. The summed E-state index contributed by atoms with van der Waals surface area (Å²) in [4.78, 5) is 4.26. The quantitative estimate of drug-likeness (QED) is 0.647. The second-order valence-corrected chi connectivity index (χ2v) is 5.14. The minimum atomic E-state index is -0.0454. The third kappa shape index (κ3) is 0.947. The van der Waals surface area contributed by atoms with Crippen LogP contribution >= 0.6 is 12.6 Å². The smallest absolute Gasteiger partial charge is 0.0412 e. The van der Waals surface area contributed by atoms with Crippen LogP contribution in [0.15, 0.2) is 30.6 Å². The highest BCUT2D eigenvalue weighted by atomic mass is 32.1. The standard InChI is InChI=1S/C12H11NS/c1-12(14)5-8-3-2-4-9-6-13-7-10(12)11(8)9/h2-4,6-7,14H,5H2,1H3. The largest absolute Gasteiger partial charge is 0.264 e. The summed E-state index contributed by atoms with van der Waals surface area (Å²) in [6.07, 6.45) is 4.89. The molecule has 1 nitrogen and oxygen atoms in total. The first-order chi connectivity index (χ1) is 6.68. The molecule has 0 N–H and O–H groups in total. The minimum Gasteiger partial charge on any atom is -0.264 e. The van der Waals surface area contributed by atoms with Gasteiger partial charge >= 0.3 is 0 Å². The number of pyridine rings is 1. The van der Waals surface area contributed by atoms with E-state index in [1.807, 2.05) is 12.4 Å². The molecule has 70 valence electrons. The molecule has 1 heterocycles. The molecule has 1 aliphatic rings. The summed E-state index contributed by atoms with van der Waals surface area (Å²) in [5.74, 6) is 0. The van der Waals surface area contributed by atoms with E-state index in [1.165, 1.54) is 21.9 Å². The van der Waals surface area contributed by atoms with Crippen LogP contribution in [0, 0.1) is 0 Å². The molecule has 3 rings (SSSR count). The van der Waals surface area contributed by atoms with Gasteiger partial charge in [-0.3, -0.25) is 4.98 Å². The number of hydrogen-bond donors (Lipinski definition) is 1. The number of thiol groups is 1. The number of aromatic nitrogens is 1. The van der Waals surface area contributed by atoms with Gasteiger partial charge in [0.25, 0.3) is 0 Å². The summed E-state index contributed by atoms with van der Waals surface area (Å²) in [6, 6.07) is 6.40. The highest BCUT2D eigenvalue weighted by molar-refractivity contribution is 7.81. The van der Waals surface area contributed by atoms with Crippen molar-refractivity contribution in [3.05, 3.63) is 41.7 Å². The molecule has 1 unspecified atom stereocenters. The fourth-order valence-corrected chi connectivity index (χ4v) is 2.67. The zero-order chi connectivity index (χ0) is 9.76. The second kappa shape index (κ2) is 2.51. The van der Waals surface area contributed by atoms with E-state index >= 15 is 0 Å². The van der Waals surface area contributed by atoms with Crippen LogP contribution in [-0.2, 0) is 11.2 Å². The van der Waals surface area contributed by atoms with E-state index in [0.717, 1.165) is 6.42 Å². The van der Waals surface area contributed by atoms with Gasteiger partial charge < -0.3 is 0 Å². The summed E-state index contributed by atoms with van der Waals surface area (Å²) in [7, 11) is 0. The Bertz CT molecular complexity index is 511. The molecule has 0 spiro atoms. The van der Waals surface area contributed by atoms with Crippen molar-refractivity contribution in [1.29, 1.82) is 0 Å². The Balaban J connectivity index is 2.50. The van der Waals surface area contributed by atoms with E-state index < -0.39 is 0 Å². The van der Waals surface area contributed by atoms with E-state index in [2.05, 4.69) is 30.1 Å². The Morgan fingerprint density at radius 2 is 2.21 bits per heavy atom. The van der Waals surface area contributed by atoms with Crippen LogP contribution in [0.5, 0.6) is 0 Å². The van der Waals surface area contributed by atoms with Crippen LogP contribution < -0.4 is 0 Å². The molecule has 1 aliphatic carbocycles. The topological polar surface area (TPSA) is 12.9 Å². The lowest BCUT2D eigenvalue weighted by Crippen LogP contribution is -2.11. The van der Waals surface area contributed by atoms with Crippen molar-refractivity contribution in [2.75, 3.05) is 0 Å². The van der Waals surface area contributed by atoms with Crippen LogP contribution in [0.1, 0.15) is 18.1 Å². The first kappa shape index (κ1) is 8.30. The molecule has 0 fully saturated rings. The van der Waals surface area contributed by atoms with Gasteiger partial charge in [-0.2, -0.15) is 12.6 Å². The Labute approximate surface area is 88.6 Å². The average Bonchev–Trinajstić information content (AvgIpc) is 2.41. The number of nitrogens with zero attached hydrogens (tertiary/aromatic N) is 1. The normalized spacial score (nSPS) is 24.4. The summed E-state index contributed by atoms with van der Waals surface area (Å²) in [5.41, 5.74) is 2.67. The van der Waals surface area contributed by atoms with E-state index in [9.17, 15) is 0 Å². The Morgan fingerprint density at radius 1 is 1.36 bits per heavy atom. The molecule has 2 aromatic rings.